The Kier molecular flexibility index (Phi) is 7.76. The average Bonchev–Trinajstić information content (AvgIpc) is 3.32. The third kappa shape index (κ3) is 6.77. The first-order chi connectivity index (χ1) is 15.7. The van der Waals surface area contributed by atoms with E-state index in [4.69, 9.17) is 9.47 Å². The van der Waals surface area contributed by atoms with E-state index < -0.39 is 22.8 Å². The van der Waals surface area contributed by atoms with Crippen LogP contribution >= 0.6 is 11.3 Å². The van der Waals surface area contributed by atoms with Gasteiger partial charge in [-0.3, -0.25) is 9.58 Å². The van der Waals surface area contributed by atoms with Crippen LogP contribution in [0.2, 0.25) is 0 Å². The predicted molar refractivity (Wildman–Crippen MR) is 116 cm³/mol. The van der Waals surface area contributed by atoms with Gasteiger partial charge in [0.2, 0.25) is 0 Å². The van der Waals surface area contributed by atoms with Gasteiger partial charge in [0.15, 0.2) is 0 Å². The zero-order chi connectivity index (χ0) is 23.5. The Morgan fingerprint density at radius 2 is 2.00 bits per heavy atom. The molecule has 11 heteroatoms. The van der Waals surface area contributed by atoms with Crippen LogP contribution in [0.25, 0.3) is 0 Å². The number of ether oxygens (including phenoxy) is 2. The average molecular weight is 490 g/mol. The molecule has 4 rings (SSSR count). The highest BCUT2D eigenvalue weighted by atomic mass is 32.1. The van der Waals surface area contributed by atoms with Gasteiger partial charge in [-0.2, -0.15) is 18.3 Å². The molecule has 0 aromatic carbocycles. The van der Waals surface area contributed by atoms with E-state index in [9.17, 15) is 23.4 Å². The van der Waals surface area contributed by atoms with E-state index in [-0.39, 0.29) is 26.2 Å². The summed E-state index contributed by atoms with van der Waals surface area (Å²) in [6, 6.07) is 1.28. The molecule has 1 fully saturated rings. The Morgan fingerprint density at radius 1 is 1.18 bits per heavy atom. The highest BCUT2D eigenvalue weighted by Gasteiger charge is 2.38. The van der Waals surface area contributed by atoms with Crippen molar-refractivity contribution < 1.29 is 32.9 Å². The number of aliphatic hydroxyl groups is 2. The lowest BCUT2D eigenvalue weighted by atomic mass is 9.94. The third-order valence-corrected chi connectivity index (χ3v) is 7.25. The minimum absolute atomic E-state index is 0.242. The largest absolute Gasteiger partial charge is 0.425 e. The Balaban J connectivity index is 1.31. The summed E-state index contributed by atoms with van der Waals surface area (Å²) in [6.07, 6.45) is 0.724. The van der Waals surface area contributed by atoms with Gasteiger partial charge in [-0.05, 0) is 37.4 Å². The van der Waals surface area contributed by atoms with Crippen LogP contribution < -0.4 is 0 Å². The molecular weight excluding hydrogens is 459 g/mol. The molecule has 0 saturated carbocycles. The van der Waals surface area contributed by atoms with Crippen molar-refractivity contribution in [3.8, 4) is 0 Å². The SMILES string of the molecule is OC(Cn1cc(CN2CCCc3sc(C(F)(F)F)cc3CCOCC2)cn1)CC1(O)COC1. The lowest BCUT2D eigenvalue weighted by Crippen LogP contribution is -2.52. The quantitative estimate of drug-likeness (QED) is 0.649. The summed E-state index contributed by atoms with van der Waals surface area (Å²) in [6.45, 7) is 3.80. The Labute approximate surface area is 194 Å². The van der Waals surface area contributed by atoms with Crippen LogP contribution in [0.5, 0.6) is 0 Å². The smallest absolute Gasteiger partial charge is 0.391 e. The molecule has 1 saturated heterocycles. The molecule has 2 aliphatic rings. The molecule has 4 heterocycles. The number of halogens is 3. The van der Waals surface area contributed by atoms with Crippen LogP contribution in [0.4, 0.5) is 13.2 Å². The van der Waals surface area contributed by atoms with Crippen molar-refractivity contribution in [2.24, 2.45) is 0 Å². The fourth-order valence-corrected chi connectivity index (χ4v) is 5.38. The molecule has 0 radical (unpaired) electrons. The standard InChI is InChI=1S/C22H30F3N3O4S/c23-22(24,25)20-8-17-3-6-31-7-5-27(4-1-2-19(17)33-20)11-16-10-26-28(12-16)13-18(29)9-21(30)14-32-15-21/h8,10,12,18,29-30H,1-7,9,11,13-15H2. The molecule has 2 aromatic rings. The molecule has 2 aliphatic heterocycles. The maximum atomic E-state index is 13.1. The lowest BCUT2D eigenvalue weighted by Gasteiger charge is -2.37. The van der Waals surface area contributed by atoms with Crippen molar-refractivity contribution in [2.45, 2.75) is 56.7 Å². The fraction of sp³-hybridized carbons (Fsp3) is 0.682. The van der Waals surface area contributed by atoms with Gasteiger partial charge in [0, 0.05) is 36.1 Å². The monoisotopic (exact) mass is 489 g/mol. The second kappa shape index (κ2) is 10.4. The number of nitrogens with zero attached hydrogens (tertiary/aromatic N) is 3. The number of alkyl halides is 3. The van der Waals surface area contributed by atoms with Crippen molar-refractivity contribution >= 4 is 11.3 Å². The molecule has 7 nitrogen and oxygen atoms in total. The first kappa shape index (κ1) is 24.6. The lowest BCUT2D eigenvalue weighted by molar-refractivity contribution is -0.192. The molecule has 0 bridgehead atoms. The molecule has 0 spiro atoms. The first-order valence-corrected chi connectivity index (χ1v) is 12.0. The molecule has 33 heavy (non-hydrogen) atoms. The van der Waals surface area contributed by atoms with Crippen LogP contribution in [0, 0.1) is 0 Å². The number of hydrogen-bond acceptors (Lipinski definition) is 7. The number of rotatable bonds is 6. The summed E-state index contributed by atoms with van der Waals surface area (Å²) < 4.78 is 51.7. The van der Waals surface area contributed by atoms with E-state index in [1.165, 1.54) is 6.07 Å². The first-order valence-electron chi connectivity index (χ1n) is 11.2. The van der Waals surface area contributed by atoms with Gasteiger partial charge in [-0.15, -0.1) is 11.3 Å². The second-order valence-electron chi connectivity index (χ2n) is 8.94. The Morgan fingerprint density at radius 3 is 2.73 bits per heavy atom. The van der Waals surface area contributed by atoms with Crippen LogP contribution in [-0.2, 0) is 41.6 Å². The van der Waals surface area contributed by atoms with E-state index in [2.05, 4.69) is 10.00 Å². The summed E-state index contributed by atoms with van der Waals surface area (Å²) in [4.78, 5) is 2.48. The Bertz CT molecular complexity index is 913. The normalized spacial score (nSPS) is 21.1. The molecular formula is C22H30F3N3O4S. The van der Waals surface area contributed by atoms with Gasteiger partial charge in [0.25, 0.3) is 0 Å². The van der Waals surface area contributed by atoms with Gasteiger partial charge < -0.3 is 19.7 Å². The minimum atomic E-state index is -4.31. The van der Waals surface area contributed by atoms with Gasteiger partial charge in [0.05, 0.1) is 45.3 Å². The molecule has 0 aliphatic carbocycles. The van der Waals surface area contributed by atoms with Crippen molar-refractivity contribution in [2.75, 3.05) is 39.5 Å². The van der Waals surface area contributed by atoms with E-state index >= 15 is 0 Å². The topological polar surface area (TPSA) is 80.0 Å². The van der Waals surface area contributed by atoms with Crippen LogP contribution in [0.3, 0.4) is 0 Å². The molecule has 1 atom stereocenters. The van der Waals surface area contributed by atoms with Crippen LogP contribution in [0.15, 0.2) is 18.5 Å². The van der Waals surface area contributed by atoms with Crippen molar-refractivity contribution in [3.63, 3.8) is 0 Å². The summed E-state index contributed by atoms with van der Waals surface area (Å²) in [5, 5.41) is 24.7. The van der Waals surface area contributed by atoms with Crippen molar-refractivity contribution in [1.82, 2.24) is 14.7 Å². The molecule has 184 valence electrons. The molecule has 2 N–H and O–H groups in total. The fourth-order valence-electron chi connectivity index (χ4n) is 4.26. The number of thiophene rings is 1. The van der Waals surface area contributed by atoms with E-state index in [0.29, 0.717) is 32.6 Å². The molecule has 2 aromatic heterocycles. The Hall–Kier alpha value is -1.50. The van der Waals surface area contributed by atoms with E-state index in [0.717, 1.165) is 46.9 Å². The van der Waals surface area contributed by atoms with Gasteiger partial charge in [-0.25, -0.2) is 0 Å². The number of hydrogen-bond donors (Lipinski definition) is 2. The summed E-state index contributed by atoms with van der Waals surface area (Å²) in [7, 11) is 0. The van der Waals surface area contributed by atoms with Crippen LogP contribution in [-0.4, -0.2) is 76.1 Å². The van der Waals surface area contributed by atoms with Gasteiger partial charge >= 0.3 is 6.18 Å². The van der Waals surface area contributed by atoms with Crippen molar-refractivity contribution in [1.29, 1.82) is 0 Å². The highest BCUT2D eigenvalue weighted by Crippen LogP contribution is 2.37. The number of aromatic nitrogens is 2. The number of aliphatic hydroxyl groups excluding tert-OH is 1. The molecule has 1 unspecified atom stereocenters. The maximum absolute atomic E-state index is 13.1. The zero-order valence-electron chi connectivity index (χ0n) is 18.4. The van der Waals surface area contributed by atoms with E-state index in [1.807, 2.05) is 6.20 Å². The van der Waals surface area contributed by atoms with E-state index in [1.54, 1.807) is 10.9 Å². The summed E-state index contributed by atoms with van der Waals surface area (Å²) >= 11 is 0.850. The summed E-state index contributed by atoms with van der Waals surface area (Å²) in [5.74, 6) is 0. The van der Waals surface area contributed by atoms with Crippen molar-refractivity contribution in [3.05, 3.63) is 39.3 Å². The van der Waals surface area contributed by atoms with Gasteiger partial charge in [0.1, 0.15) is 10.5 Å². The highest BCUT2D eigenvalue weighted by molar-refractivity contribution is 7.12. The van der Waals surface area contributed by atoms with Gasteiger partial charge in [-0.1, -0.05) is 0 Å². The third-order valence-electron chi connectivity index (χ3n) is 5.97. The second-order valence-corrected chi connectivity index (χ2v) is 10.1. The predicted octanol–water partition coefficient (Wildman–Crippen LogP) is 2.48. The number of fused-ring (bicyclic) bond motifs is 1. The van der Waals surface area contributed by atoms with Crippen LogP contribution in [0.1, 0.15) is 33.7 Å². The summed E-state index contributed by atoms with van der Waals surface area (Å²) in [5.41, 5.74) is 0.789. The minimum Gasteiger partial charge on any atom is -0.391 e. The zero-order valence-corrected chi connectivity index (χ0v) is 19.2. The maximum Gasteiger partial charge on any atom is 0.425 e. The number of aryl methyl sites for hydroxylation is 1. The molecule has 0 amide bonds.